The summed E-state index contributed by atoms with van der Waals surface area (Å²) < 4.78 is 38.0. The van der Waals surface area contributed by atoms with Crippen LogP contribution in [0.15, 0.2) is 102 Å². The summed E-state index contributed by atoms with van der Waals surface area (Å²) in [5.41, 5.74) is -8.02. The molecule has 518 valence electrons. The van der Waals surface area contributed by atoms with Crippen LogP contribution in [0.4, 0.5) is 10.6 Å². The first-order chi connectivity index (χ1) is 45.8. The Labute approximate surface area is 560 Å². The van der Waals surface area contributed by atoms with Crippen LogP contribution in [0.2, 0.25) is 0 Å². The van der Waals surface area contributed by atoms with Gasteiger partial charge in [0.1, 0.15) is 59.0 Å². The zero-order valence-electron chi connectivity index (χ0n) is 56.1. The number of benzene rings is 3. The monoisotopic (exact) mass is 1340 g/mol. The van der Waals surface area contributed by atoms with Crippen LogP contribution < -0.4 is 15.5 Å². The number of ketones is 1. The minimum absolute atomic E-state index is 0.0204. The van der Waals surface area contributed by atoms with Gasteiger partial charge in [0.05, 0.1) is 53.5 Å². The third-order valence-electron chi connectivity index (χ3n) is 19.5. The Morgan fingerprint density at radius 2 is 1.53 bits per heavy atom. The predicted octanol–water partition coefficient (Wildman–Crippen LogP) is 5.87. The first-order valence-corrected chi connectivity index (χ1v) is 32.4. The number of anilines is 1. The lowest BCUT2D eigenvalue weighted by Gasteiger charge is -2.67. The number of hydrogen-bond acceptors (Lipinski definition) is 23. The van der Waals surface area contributed by atoms with Crippen molar-refractivity contribution < 1.29 is 92.3 Å². The number of aromatic hydroxyl groups is 2. The number of alkyl carbamates (subject to hydrolysis) is 1. The van der Waals surface area contributed by atoms with Crippen LogP contribution in [0.25, 0.3) is 17.1 Å². The summed E-state index contributed by atoms with van der Waals surface area (Å²) in [7, 11) is 0. The van der Waals surface area contributed by atoms with Gasteiger partial charge in [-0.15, -0.1) is 10.2 Å². The van der Waals surface area contributed by atoms with Crippen molar-refractivity contribution in [2.75, 3.05) is 44.2 Å². The van der Waals surface area contributed by atoms with Gasteiger partial charge in [-0.1, -0.05) is 76.2 Å². The average Bonchev–Trinajstić information content (AvgIpc) is 1.63. The number of phenols is 2. The molecule has 4 heterocycles. The predicted molar refractivity (Wildman–Crippen MR) is 346 cm³/mol. The molecule has 0 radical (unpaired) electrons. The summed E-state index contributed by atoms with van der Waals surface area (Å²) >= 11 is 0. The van der Waals surface area contributed by atoms with E-state index in [9.17, 15) is 54.3 Å². The van der Waals surface area contributed by atoms with E-state index in [1.165, 1.54) is 56.7 Å². The molecule has 2 bridgehead atoms. The minimum Gasteiger partial charge on any atom is -0.508 e. The molecule has 3 aromatic carbocycles. The maximum Gasteiger partial charge on any atom is 0.408 e. The Hall–Kier alpha value is -9.31. The number of fused-ring (bicyclic) bond motifs is 5. The molecule has 2 saturated carbocycles. The van der Waals surface area contributed by atoms with Gasteiger partial charge in [0.15, 0.2) is 17.2 Å². The average molecular weight is 1340 g/mol. The SMILES string of the molecule is CCNC(=O)c1nnc(-c2cc(C(C)C)c(O)cc2O)n1-c1ccc(N2CCN(C(=O)CCC(=O)O[C@@H](C(=O)O[C@H]3C[C@@]4(O)[C@@H](OC(=O)c5ccccc5)C5[C@](C)(C(=O)[C@H](O)C(=C3C)C4(C)C)[C@@H](O)C[C@H]3OC[C@@]53OC(C)=O)[C@@H](NC(=O)OC(C)(C)C)c3ccccc3)CC2)nc1. The number of piperazine rings is 1. The molecule has 2 saturated heterocycles. The number of amides is 3. The molecule has 4 fully saturated rings. The summed E-state index contributed by atoms with van der Waals surface area (Å²) in [6.07, 6.45) is -11.9. The molecule has 27 heteroatoms. The van der Waals surface area contributed by atoms with Crippen molar-refractivity contribution in [2.24, 2.45) is 16.7 Å². The topological polar surface area (TPSA) is 367 Å². The van der Waals surface area contributed by atoms with Gasteiger partial charge in [-0.25, -0.2) is 19.4 Å². The Bertz CT molecular complexity index is 3880. The van der Waals surface area contributed by atoms with Gasteiger partial charge in [0, 0.05) is 70.4 Å². The van der Waals surface area contributed by atoms with E-state index >= 15 is 9.59 Å². The fourth-order valence-electron chi connectivity index (χ4n) is 14.4. The van der Waals surface area contributed by atoms with Crippen LogP contribution in [-0.4, -0.2) is 191 Å². The normalized spacial score (nSPS) is 25.7. The summed E-state index contributed by atoms with van der Waals surface area (Å²) in [5.74, 6) is -7.73. The van der Waals surface area contributed by atoms with Crippen LogP contribution in [0, 0.1) is 16.7 Å². The van der Waals surface area contributed by atoms with E-state index in [0.29, 0.717) is 36.7 Å². The summed E-state index contributed by atoms with van der Waals surface area (Å²) in [6.45, 7) is 18.3. The fraction of sp³-hybridized carbons (Fsp3) is 0.500. The van der Waals surface area contributed by atoms with E-state index in [4.69, 9.17) is 33.4 Å². The minimum atomic E-state index is -2.51. The van der Waals surface area contributed by atoms with Gasteiger partial charge in [-0.05, 0) is 100 Å². The zero-order valence-corrected chi connectivity index (χ0v) is 56.1. The van der Waals surface area contributed by atoms with Crippen molar-refractivity contribution >= 4 is 53.4 Å². The quantitative estimate of drug-likeness (QED) is 0.0306. The lowest BCUT2D eigenvalue weighted by molar-refractivity contribution is -0.346. The first kappa shape index (κ1) is 70.5. The van der Waals surface area contributed by atoms with Crippen molar-refractivity contribution in [3.8, 4) is 28.6 Å². The number of nitrogens with zero attached hydrogens (tertiary/aromatic N) is 6. The molecule has 2 aromatic heterocycles. The van der Waals surface area contributed by atoms with Crippen molar-refractivity contribution in [1.29, 1.82) is 0 Å². The number of carbonyl (C=O) groups is 8. The molecule has 3 amide bonds. The van der Waals surface area contributed by atoms with Gasteiger partial charge in [-0.2, -0.15) is 0 Å². The molecule has 97 heavy (non-hydrogen) atoms. The maximum atomic E-state index is 15.5. The van der Waals surface area contributed by atoms with Crippen molar-refractivity contribution in [2.45, 2.75) is 167 Å². The Morgan fingerprint density at radius 1 is 0.856 bits per heavy atom. The lowest BCUT2D eigenvalue weighted by atomic mass is 9.44. The van der Waals surface area contributed by atoms with E-state index in [0.717, 1.165) is 6.92 Å². The molecule has 0 spiro atoms. The highest BCUT2D eigenvalue weighted by molar-refractivity contribution is 5.95. The van der Waals surface area contributed by atoms with Gasteiger partial charge in [-0.3, -0.25) is 28.5 Å². The number of phenolic OH excluding ortho intramolecular Hbond substituents is 2. The Kier molecular flexibility index (Phi) is 19.8. The standard InChI is InChI=1S/C70H84N8O19/c1-12-71-62(87)61-75-74-60(44-31-43(37(2)3)45(80)32-46(44)81)78(61)42-23-24-50(72-35-42)76-27-29-77(30-28-76)51(83)25-26-52(84)94-56(54(40-19-15-13-16-20-40)73-65(90)97-66(6,7)8)64(89)93-47-34-70(91)59(95-63(88)41-21-17-14-18-22-41)57-68(11,58(86)55(85)53(38(47)4)67(70,9)10)48(82)33-49-69(57,36-92-49)96-39(5)79/h13-24,31-32,35,37,47-49,54-57,59,80-82,85,91H,12,25-30,33-34,36H2,1-11H3,(H,71,87)(H,73,90)/t47-,48-,49+,54-,55+,56+,57?,59-,68+,69-,70+/m0/s1. The maximum absolute atomic E-state index is 15.5. The fourth-order valence-corrected chi connectivity index (χ4v) is 14.4. The number of esters is 4. The smallest absolute Gasteiger partial charge is 0.408 e. The number of nitrogens with one attached hydrogen (secondary N) is 2. The second-order valence-corrected chi connectivity index (χ2v) is 27.4. The number of rotatable bonds is 18. The number of aliphatic hydroxyl groups is 3. The van der Waals surface area contributed by atoms with Crippen LogP contribution in [-0.2, 0) is 52.4 Å². The molecular formula is C70H84N8O19. The number of Topliss-reactive ketones (excluding diaryl/α,β-unsaturated/α-hetero) is 1. The number of aliphatic hydroxyl groups excluding tert-OH is 2. The molecule has 5 aromatic rings. The van der Waals surface area contributed by atoms with E-state index in [1.54, 1.807) is 99.3 Å². The van der Waals surface area contributed by atoms with E-state index < -0.39 is 143 Å². The van der Waals surface area contributed by atoms with Gasteiger partial charge in [0.2, 0.25) is 17.8 Å². The Morgan fingerprint density at radius 3 is 2.12 bits per heavy atom. The molecule has 5 aliphatic rings. The molecular weight excluding hydrogens is 1260 g/mol. The van der Waals surface area contributed by atoms with Gasteiger partial charge in [0.25, 0.3) is 5.91 Å². The van der Waals surface area contributed by atoms with Crippen LogP contribution in [0.5, 0.6) is 11.5 Å². The highest BCUT2D eigenvalue weighted by atomic mass is 16.6. The third-order valence-corrected chi connectivity index (χ3v) is 19.5. The highest BCUT2D eigenvalue weighted by Crippen LogP contribution is 2.64. The van der Waals surface area contributed by atoms with Crippen molar-refractivity contribution in [1.82, 2.24) is 35.3 Å². The number of carbonyl (C=O) groups excluding carboxylic acids is 8. The molecule has 11 atom stereocenters. The second kappa shape index (κ2) is 27.3. The number of ether oxygens (including phenoxy) is 6. The van der Waals surface area contributed by atoms with E-state index in [2.05, 4.69) is 20.8 Å². The molecule has 1 unspecified atom stereocenters. The Balaban J connectivity index is 0.913. The number of aromatic nitrogens is 4. The van der Waals surface area contributed by atoms with Gasteiger partial charge >= 0.3 is 30.0 Å². The van der Waals surface area contributed by atoms with Crippen LogP contribution in [0.1, 0.15) is 146 Å². The molecule has 7 N–H and O–H groups in total. The summed E-state index contributed by atoms with van der Waals surface area (Å²) in [5, 5.41) is 74.2. The van der Waals surface area contributed by atoms with Crippen molar-refractivity contribution in [3.05, 3.63) is 125 Å². The second-order valence-electron chi connectivity index (χ2n) is 27.4. The summed E-state index contributed by atoms with van der Waals surface area (Å²) in [4.78, 5) is 122. The van der Waals surface area contributed by atoms with Crippen molar-refractivity contribution in [3.63, 3.8) is 0 Å². The molecule has 2 aliphatic heterocycles. The molecule has 3 aliphatic carbocycles. The highest BCUT2D eigenvalue weighted by Gasteiger charge is 2.78. The van der Waals surface area contributed by atoms with E-state index in [-0.39, 0.29) is 83.0 Å². The van der Waals surface area contributed by atoms with E-state index in [1.807, 2.05) is 18.7 Å². The number of hydrogen-bond donors (Lipinski definition) is 7. The molecule has 27 nitrogen and oxygen atoms in total. The van der Waals surface area contributed by atoms with Gasteiger partial charge < -0.3 is 74.4 Å². The lowest BCUT2D eigenvalue weighted by Crippen LogP contribution is -2.81. The third kappa shape index (κ3) is 13.4. The zero-order chi connectivity index (χ0) is 70.4. The summed E-state index contributed by atoms with van der Waals surface area (Å²) in [6, 6.07) is 20.4. The number of pyridine rings is 1. The van der Waals surface area contributed by atoms with Crippen LogP contribution >= 0.6 is 0 Å². The largest absolute Gasteiger partial charge is 0.508 e. The first-order valence-electron chi connectivity index (χ1n) is 32.4. The van der Waals surface area contributed by atoms with Crippen LogP contribution in [0.3, 0.4) is 0 Å². The molecule has 10 rings (SSSR count).